The van der Waals surface area contributed by atoms with Crippen LogP contribution in [0, 0.1) is 5.41 Å². The fourth-order valence-electron chi connectivity index (χ4n) is 3.21. The van der Waals surface area contributed by atoms with Gasteiger partial charge in [0, 0.05) is 64.6 Å². The normalized spacial score (nSPS) is 16.0. The third kappa shape index (κ3) is 9.44. The number of aliphatic imine (C=N–C) groups is 1. The minimum atomic E-state index is 0. The van der Waals surface area contributed by atoms with Gasteiger partial charge in [0.1, 0.15) is 0 Å². The van der Waals surface area contributed by atoms with Crippen LogP contribution >= 0.6 is 24.0 Å². The Bertz CT molecular complexity index is 655. The zero-order chi connectivity index (χ0) is 21.3. The largest absolute Gasteiger partial charge is 0.356 e. The standard InChI is InChI=1S/C21H37N7O.HI/c1-17(7-9-21(2,3)4)26-19(22-5)23-12-8-18(29)27-13-15-28(16-14-27)20-24-10-6-11-25-20;/h6,10-11,17H,7-9,12-16H2,1-5H3,(H2,22,23,26);1H. The smallest absolute Gasteiger partial charge is 0.225 e. The number of carbonyl (C=O) groups excluding carboxylic acids is 1. The number of amides is 1. The molecule has 0 aromatic carbocycles. The Hall–Kier alpha value is -1.65. The van der Waals surface area contributed by atoms with Gasteiger partial charge in [0.05, 0.1) is 0 Å². The Labute approximate surface area is 198 Å². The van der Waals surface area contributed by atoms with E-state index in [4.69, 9.17) is 0 Å². The molecule has 1 fully saturated rings. The highest BCUT2D eigenvalue weighted by molar-refractivity contribution is 14.0. The molecular formula is C21H38IN7O. The van der Waals surface area contributed by atoms with Crippen LogP contribution in [-0.4, -0.2) is 72.5 Å². The molecule has 9 heteroatoms. The maximum absolute atomic E-state index is 12.5. The van der Waals surface area contributed by atoms with Crippen LogP contribution in [0.5, 0.6) is 0 Å². The second-order valence-electron chi connectivity index (χ2n) is 8.81. The Balaban J connectivity index is 0.00000450. The molecule has 1 aliphatic rings. The van der Waals surface area contributed by atoms with E-state index in [1.54, 1.807) is 19.4 Å². The number of guanidine groups is 1. The average molecular weight is 531 g/mol. The highest BCUT2D eigenvalue weighted by Gasteiger charge is 2.22. The molecule has 2 heterocycles. The monoisotopic (exact) mass is 531 g/mol. The fraction of sp³-hybridized carbons (Fsp3) is 0.714. The molecule has 0 aliphatic carbocycles. The van der Waals surface area contributed by atoms with Crippen molar-refractivity contribution >= 4 is 41.8 Å². The molecule has 0 saturated carbocycles. The molecule has 2 N–H and O–H groups in total. The molecular weight excluding hydrogens is 493 g/mol. The van der Waals surface area contributed by atoms with E-state index in [1.165, 1.54) is 0 Å². The lowest BCUT2D eigenvalue weighted by Crippen LogP contribution is -2.50. The van der Waals surface area contributed by atoms with Gasteiger partial charge < -0.3 is 20.4 Å². The molecule has 2 rings (SSSR count). The van der Waals surface area contributed by atoms with Crippen LogP contribution in [0.2, 0.25) is 0 Å². The van der Waals surface area contributed by atoms with Crippen LogP contribution < -0.4 is 15.5 Å². The van der Waals surface area contributed by atoms with Crippen LogP contribution in [0.1, 0.15) is 47.0 Å². The minimum absolute atomic E-state index is 0. The zero-order valence-electron chi connectivity index (χ0n) is 19.0. The summed E-state index contributed by atoms with van der Waals surface area (Å²) in [4.78, 5) is 29.4. The number of rotatable bonds is 7. The molecule has 0 bridgehead atoms. The number of nitrogens with one attached hydrogen (secondary N) is 2. The van der Waals surface area contributed by atoms with E-state index < -0.39 is 0 Å². The van der Waals surface area contributed by atoms with Crippen LogP contribution in [-0.2, 0) is 4.79 Å². The first kappa shape index (κ1) is 26.4. The second-order valence-corrected chi connectivity index (χ2v) is 8.81. The van der Waals surface area contributed by atoms with Crippen molar-refractivity contribution in [3.05, 3.63) is 18.5 Å². The van der Waals surface area contributed by atoms with Gasteiger partial charge in [0.15, 0.2) is 5.96 Å². The number of carbonyl (C=O) groups is 1. The van der Waals surface area contributed by atoms with Crippen molar-refractivity contribution in [3.63, 3.8) is 0 Å². The molecule has 1 aromatic rings. The van der Waals surface area contributed by atoms with E-state index >= 15 is 0 Å². The lowest BCUT2D eigenvalue weighted by molar-refractivity contribution is -0.131. The van der Waals surface area contributed by atoms with Crippen molar-refractivity contribution in [2.24, 2.45) is 10.4 Å². The number of halogens is 1. The minimum Gasteiger partial charge on any atom is -0.356 e. The predicted octanol–water partition coefficient (Wildman–Crippen LogP) is 2.51. The van der Waals surface area contributed by atoms with Crippen LogP contribution in [0.25, 0.3) is 0 Å². The summed E-state index contributed by atoms with van der Waals surface area (Å²) < 4.78 is 0. The van der Waals surface area contributed by atoms with Gasteiger partial charge in [0.2, 0.25) is 11.9 Å². The van der Waals surface area contributed by atoms with Crippen molar-refractivity contribution < 1.29 is 4.79 Å². The van der Waals surface area contributed by atoms with Gasteiger partial charge in [-0.3, -0.25) is 9.79 Å². The van der Waals surface area contributed by atoms with Gasteiger partial charge in [-0.2, -0.15) is 0 Å². The zero-order valence-corrected chi connectivity index (χ0v) is 21.3. The van der Waals surface area contributed by atoms with E-state index in [-0.39, 0.29) is 29.9 Å². The van der Waals surface area contributed by atoms with Gasteiger partial charge in [-0.1, -0.05) is 20.8 Å². The van der Waals surface area contributed by atoms with Gasteiger partial charge in [-0.25, -0.2) is 9.97 Å². The maximum Gasteiger partial charge on any atom is 0.225 e. The molecule has 1 atom stereocenters. The Kier molecular flexibility index (Phi) is 11.4. The van der Waals surface area contributed by atoms with E-state index in [2.05, 4.69) is 58.2 Å². The van der Waals surface area contributed by atoms with E-state index in [9.17, 15) is 4.79 Å². The number of hydrogen-bond donors (Lipinski definition) is 2. The summed E-state index contributed by atoms with van der Waals surface area (Å²) >= 11 is 0. The predicted molar refractivity (Wildman–Crippen MR) is 134 cm³/mol. The molecule has 1 aromatic heterocycles. The van der Waals surface area contributed by atoms with Gasteiger partial charge in [-0.15, -0.1) is 24.0 Å². The lowest BCUT2D eigenvalue weighted by atomic mass is 9.89. The van der Waals surface area contributed by atoms with E-state index in [1.807, 2.05) is 11.0 Å². The topological polar surface area (TPSA) is 85.8 Å². The Morgan fingerprint density at radius 2 is 1.83 bits per heavy atom. The van der Waals surface area contributed by atoms with Gasteiger partial charge >= 0.3 is 0 Å². The SMILES string of the molecule is CN=C(NCCC(=O)N1CCN(c2ncccn2)CC1)NC(C)CCC(C)(C)C.I. The van der Waals surface area contributed by atoms with Crippen molar-refractivity contribution in [1.82, 2.24) is 25.5 Å². The van der Waals surface area contributed by atoms with Gasteiger partial charge in [0.25, 0.3) is 0 Å². The van der Waals surface area contributed by atoms with Crippen LogP contribution in [0.3, 0.4) is 0 Å². The summed E-state index contributed by atoms with van der Waals surface area (Å²) in [7, 11) is 1.76. The molecule has 0 radical (unpaired) electrons. The lowest BCUT2D eigenvalue weighted by Gasteiger charge is -2.34. The quantitative estimate of drug-likeness (QED) is 0.320. The number of anilines is 1. The van der Waals surface area contributed by atoms with E-state index in [0.717, 1.165) is 37.8 Å². The van der Waals surface area contributed by atoms with Crippen LogP contribution in [0.15, 0.2) is 23.5 Å². The Morgan fingerprint density at radius 3 is 2.40 bits per heavy atom. The summed E-state index contributed by atoms with van der Waals surface area (Å²) in [6, 6.07) is 2.15. The fourth-order valence-corrected chi connectivity index (χ4v) is 3.21. The number of hydrogen-bond acceptors (Lipinski definition) is 5. The molecule has 1 unspecified atom stereocenters. The van der Waals surface area contributed by atoms with Gasteiger partial charge in [-0.05, 0) is 31.2 Å². The van der Waals surface area contributed by atoms with E-state index in [0.29, 0.717) is 37.5 Å². The summed E-state index contributed by atoms with van der Waals surface area (Å²) in [5.41, 5.74) is 0.329. The molecule has 30 heavy (non-hydrogen) atoms. The summed E-state index contributed by atoms with van der Waals surface area (Å²) in [6.45, 7) is 12.4. The summed E-state index contributed by atoms with van der Waals surface area (Å²) in [5.74, 6) is 1.66. The molecule has 1 saturated heterocycles. The summed E-state index contributed by atoms with van der Waals surface area (Å²) in [6.07, 6.45) is 6.18. The van der Waals surface area contributed by atoms with Crippen molar-refractivity contribution in [2.45, 2.75) is 53.0 Å². The first-order valence-corrected chi connectivity index (χ1v) is 10.6. The number of nitrogens with zero attached hydrogens (tertiary/aromatic N) is 5. The van der Waals surface area contributed by atoms with Crippen molar-refractivity contribution in [1.29, 1.82) is 0 Å². The molecule has 0 spiro atoms. The first-order chi connectivity index (χ1) is 13.8. The Morgan fingerprint density at radius 1 is 1.20 bits per heavy atom. The molecule has 170 valence electrons. The van der Waals surface area contributed by atoms with Crippen LogP contribution in [0.4, 0.5) is 5.95 Å². The number of piperazine rings is 1. The molecule has 1 amide bonds. The second kappa shape index (κ2) is 12.9. The maximum atomic E-state index is 12.5. The first-order valence-electron chi connectivity index (χ1n) is 10.6. The highest BCUT2D eigenvalue weighted by atomic mass is 127. The molecule has 8 nitrogen and oxygen atoms in total. The molecule has 1 aliphatic heterocycles. The highest BCUT2D eigenvalue weighted by Crippen LogP contribution is 2.21. The summed E-state index contributed by atoms with van der Waals surface area (Å²) in [5, 5.41) is 6.67. The van der Waals surface area contributed by atoms with Crippen molar-refractivity contribution in [3.8, 4) is 0 Å². The third-order valence-corrected chi connectivity index (χ3v) is 5.03. The average Bonchev–Trinajstić information content (AvgIpc) is 2.71. The van der Waals surface area contributed by atoms with Crippen molar-refractivity contribution in [2.75, 3.05) is 44.7 Å². The third-order valence-electron chi connectivity index (χ3n) is 5.03. The number of aromatic nitrogens is 2.